The van der Waals surface area contributed by atoms with Crippen molar-refractivity contribution in [3.63, 3.8) is 0 Å². The molecular weight excluding hydrogens is 327 g/mol. The van der Waals surface area contributed by atoms with Crippen molar-refractivity contribution in [1.82, 2.24) is 5.16 Å². The summed E-state index contributed by atoms with van der Waals surface area (Å²) in [5.41, 5.74) is 0. The van der Waals surface area contributed by atoms with Crippen molar-refractivity contribution in [2.24, 2.45) is 0 Å². The lowest BCUT2D eigenvalue weighted by molar-refractivity contribution is -0.140. The topological polar surface area (TPSA) is 61.6 Å². The first-order chi connectivity index (χ1) is 6.69. The summed E-state index contributed by atoms with van der Waals surface area (Å²) in [5.74, 6) is -1.75. The van der Waals surface area contributed by atoms with E-state index in [1.807, 2.05) is 22.0 Å². The number of hydrogen-bond donors (Lipinski definition) is 0. The van der Waals surface area contributed by atoms with Crippen molar-refractivity contribution < 1.29 is 23.0 Å². The summed E-state index contributed by atoms with van der Waals surface area (Å²) in [5, 5.41) is 3.31. The molecule has 1 aromatic heterocycles. The zero-order valence-electron chi connectivity index (χ0n) is 7.04. The molecule has 1 rings (SSSR count). The number of ether oxygens (including phenoxy) is 1. The highest BCUT2D eigenvalue weighted by atomic mass is 127. The summed E-state index contributed by atoms with van der Waals surface area (Å²) >= 11 is 1.92. The van der Waals surface area contributed by atoms with Crippen LogP contribution < -0.4 is 4.52 Å². The number of methoxy groups -OCH3 is 1. The predicted octanol–water partition coefficient (Wildman–Crippen LogP) is 1.85. The lowest BCUT2D eigenvalue weighted by Gasteiger charge is -1.94. The molecule has 1 unspecified atom stereocenters. The molecule has 0 aliphatic heterocycles. The molecule has 0 fully saturated rings. The number of rotatable bonds is 4. The Hall–Kier alpha value is -0.430. The molecule has 1 aromatic rings. The SMILES string of the molecule is COC(=O)Cc1onc(OPI)c1F. The van der Waals surface area contributed by atoms with Crippen LogP contribution in [0.25, 0.3) is 0 Å². The maximum absolute atomic E-state index is 13.2. The van der Waals surface area contributed by atoms with Gasteiger partial charge in [-0.25, -0.2) is 0 Å². The lowest BCUT2D eigenvalue weighted by atomic mass is 10.3. The summed E-state index contributed by atoms with van der Waals surface area (Å²) < 4.78 is 27.0. The number of carbonyl (C=O) groups excluding carboxylic acids is 1. The summed E-state index contributed by atoms with van der Waals surface area (Å²) in [4.78, 5) is 10.8. The first-order valence-corrected chi connectivity index (χ1v) is 7.44. The van der Waals surface area contributed by atoms with Gasteiger partial charge in [-0.15, -0.1) is 0 Å². The first kappa shape index (κ1) is 11.6. The molecule has 8 heteroatoms. The van der Waals surface area contributed by atoms with Gasteiger partial charge in [-0.2, -0.15) is 4.39 Å². The molecule has 0 amide bonds. The van der Waals surface area contributed by atoms with Crippen LogP contribution in [0.3, 0.4) is 0 Å². The Balaban J connectivity index is 2.74. The van der Waals surface area contributed by atoms with Crippen molar-refractivity contribution in [3.05, 3.63) is 11.6 Å². The third kappa shape index (κ3) is 2.78. The molecule has 0 bridgehead atoms. The van der Waals surface area contributed by atoms with Gasteiger partial charge in [-0.1, -0.05) is 0 Å². The molecule has 14 heavy (non-hydrogen) atoms. The second kappa shape index (κ2) is 5.45. The minimum Gasteiger partial charge on any atom is -0.469 e. The summed E-state index contributed by atoms with van der Waals surface area (Å²) in [6, 6.07) is 0. The molecule has 1 atom stereocenters. The Morgan fingerprint density at radius 1 is 1.79 bits per heavy atom. The summed E-state index contributed by atoms with van der Waals surface area (Å²) in [6.45, 7) is 0.0325. The van der Waals surface area contributed by atoms with E-state index >= 15 is 0 Å². The van der Waals surface area contributed by atoms with Crippen LogP contribution in [0.1, 0.15) is 5.76 Å². The Bertz CT molecular complexity index is 332. The smallest absolute Gasteiger partial charge is 0.313 e. The maximum atomic E-state index is 13.2. The average molecular weight is 333 g/mol. The molecule has 0 radical (unpaired) electrons. The van der Waals surface area contributed by atoms with E-state index < -0.39 is 11.8 Å². The van der Waals surface area contributed by atoms with E-state index in [9.17, 15) is 9.18 Å². The van der Waals surface area contributed by atoms with Crippen molar-refractivity contribution in [3.8, 4) is 5.88 Å². The Morgan fingerprint density at radius 2 is 2.50 bits per heavy atom. The number of esters is 1. The van der Waals surface area contributed by atoms with Crippen LogP contribution in [-0.2, 0) is 16.0 Å². The number of nitrogens with zero attached hydrogens (tertiary/aromatic N) is 1. The fourth-order valence-corrected chi connectivity index (χ4v) is 1.53. The number of aromatic nitrogens is 1. The highest BCUT2D eigenvalue weighted by molar-refractivity contribution is 14.2. The van der Waals surface area contributed by atoms with Gasteiger partial charge in [0.05, 0.1) is 7.11 Å². The molecule has 5 nitrogen and oxygen atoms in total. The van der Waals surface area contributed by atoms with Crippen LogP contribution in [0.2, 0.25) is 0 Å². The molecule has 0 aromatic carbocycles. The summed E-state index contributed by atoms with van der Waals surface area (Å²) in [7, 11) is 1.21. The second-order valence-corrected chi connectivity index (χ2v) is 3.84. The highest BCUT2D eigenvalue weighted by Gasteiger charge is 2.20. The molecule has 0 saturated heterocycles. The zero-order chi connectivity index (χ0) is 10.6. The molecule has 0 spiro atoms. The molecule has 0 saturated carbocycles. The monoisotopic (exact) mass is 333 g/mol. The van der Waals surface area contributed by atoms with Gasteiger partial charge in [-0.05, 0) is 27.2 Å². The fourth-order valence-electron chi connectivity index (χ4n) is 0.709. The van der Waals surface area contributed by atoms with E-state index in [0.29, 0.717) is 0 Å². The van der Waals surface area contributed by atoms with Crippen LogP contribution in [-0.4, -0.2) is 18.2 Å². The summed E-state index contributed by atoms with van der Waals surface area (Å²) in [6.07, 6.45) is -0.289. The minimum absolute atomic E-state index is 0.0325. The molecule has 0 aliphatic carbocycles. The van der Waals surface area contributed by atoms with Gasteiger partial charge in [0.2, 0.25) is 5.82 Å². The number of hydrogen-bond acceptors (Lipinski definition) is 5. The molecule has 1 heterocycles. The largest absolute Gasteiger partial charge is 0.469 e. The van der Waals surface area contributed by atoms with Crippen LogP contribution in [0, 0.1) is 5.82 Å². The Kier molecular flexibility index (Phi) is 4.53. The van der Waals surface area contributed by atoms with Crippen LogP contribution in [0.5, 0.6) is 5.88 Å². The standard InChI is InChI=1S/C6H6FINO4P/c1-11-4(10)2-3-5(7)6(9-12-3)13-14-8/h14H,2H2,1H3. The van der Waals surface area contributed by atoms with E-state index in [-0.39, 0.29) is 24.5 Å². The first-order valence-electron chi connectivity index (χ1n) is 3.42. The maximum Gasteiger partial charge on any atom is 0.313 e. The number of halogens is 2. The van der Waals surface area contributed by atoms with Crippen molar-refractivity contribution in [2.75, 3.05) is 7.11 Å². The van der Waals surface area contributed by atoms with Crippen LogP contribution >= 0.6 is 28.5 Å². The van der Waals surface area contributed by atoms with E-state index in [4.69, 9.17) is 4.52 Å². The highest BCUT2D eigenvalue weighted by Crippen LogP contribution is 2.29. The molecule has 0 aliphatic rings. The second-order valence-electron chi connectivity index (χ2n) is 2.16. The van der Waals surface area contributed by atoms with Gasteiger partial charge in [0.15, 0.2) is 5.76 Å². The van der Waals surface area contributed by atoms with Gasteiger partial charge in [0, 0.05) is 0 Å². The zero-order valence-corrected chi connectivity index (χ0v) is 10.2. The van der Waals surface area contributed by atoms with E-state index in [2.05, 4.69) is 14.4 Å². The fraction of sp³-hybridized carbons (Fsp3) is 0.333. The Morgan fingerprint density at radius 3 is 3.07 bits per heavy atom. The van der Waals surface area contributed by atoms with E-state index in [0.717, 1.165) is 0 Å². The van der Waals surface area contributed by atoms with Crippen molar-refractivity contribution >= 4 is 34.5 Å². The minimum atomic E-state index is -0.750. The third-order valence-electron chi connectivity index (χ3n) is 1.34. The third-order valence-corrected chi connectivity index (χ3v) is 2.27. The van der Waals surface area contributed by atoms with Gasteiger partial charge in [-0.3, -0.25) is 4.79 Å². The van der Waals surface area contributed by atoms with Gasteiger partial charge < -0.3 is 13.8 Å². The lowest BCUT2D eigenvalue weighted by Crippen LogP contribution is -2.04. The van der Waals surface area contributed by atoms with Crippen LogP contribution in [0.4, 0.5) is 4.39 Å². The normalized spacial score (nSPS) is 10.8. The van der Waals surface area contributed by atoms with Gasteiger partial charge in [0.25, 0.3) is 5.88 Å². The van der Waals surface area contributed by atoms with Gasteiger partial charge >= 0.3 is 5.97 Å². The predicted molar refractivity (Wildman–Crippen MR) is 55.1 cm³/mol. The number of carbonyl (C=O) groups is 1. The molecule has 78 valence electrons. The molecular formula is C6H6FINO4P. The Labute approximate surface area is 93.7 Å². The van der Waals surface area contributed by atoms with E-state index in [1.165, 1.54) is 7.11 Å². The van der Waals surface area contributed by atoms with Crippen molar-refractivity contribution in [2.45, 2.75) is 6.42 Å². The molecule has 0 N–H and O–H groups in total. The van der Waals surface area contributed by atoms with Crippen molar-refractivity contribution in [1.29, 1.82) is 0 Å². The quantitative estimate of drug-likeness (QED) is 0.478. The van der Waals surface area contributed by atoms with E-state index in [1.54, 1.807) is 0 Å². The van der Waals surface area contributed by atoms with Gasteiger partial charge in [0.1, 0.15) is 12.9 Å². The van der Waals surface area contributed by atoms with Crippen LogP contribution in [0.15, 0.2) is 4.52 Å². The average Bonchev–Trinajstić information content (AvgIpc) is 2.50.